The van der Waals surface area contributed by atoms with Crippen LogP contribution in [0.5, 0.6) is 0 Å². The standard InChI is InChI=1S/C15H13N5O2/c1-22-15(21)11-7-5-10(6-8-11)14-17-19-20(18-14)13-4-2-3-12(16)9-13/h2-9H,16H2,1H3. The van der Waals surface area contributed by atoms with E-state index in [9.17, 15) is 4.79 Å². The van der Waals surface area contributed by atoms with Crippen molar-refractivity contribution in [1.82, 2.24) is 20.2 Å². The molecule has 0 spiro atoms. The van der Waals surface area contributed by atoms with E-state index in [0.29, 0.717) is 17.1 Å². The molecule has 0 bridgehead atoms. The van der Waals surface area contributed by atoms with Crippen molar-refractivity contribution in [3.8, 4) is 17.1 Å². The maximum absolute atomic E-state index is 11.4. The van der Waals surface area contributed by atoms with Crippen LogP contribution >= 0.6 is 0 Å². The number of hydrogen-bond acceptors (Lipinski definition) is 6. The summed E-state index contributed by atoms with van der Waals surface area (Å²) in [6.07, 6.45) is 0. The third-order valence-electron chi connectivity index (χ3n) is 3.08. The molecular weight excluding hydrogens is 282 g/mol. The van der Waals surface area contributed by atoms with Crippen molar-refractivity contribution in [2.24, 2.45) is 0 Å². The lowest BCUT2D eigenvalue weighted by Gasteiger charge is -2.00. The number of hydrogen-bond donors (Lipinski definition) is 1. The SMILES string of the molecule is COC(=O)c1ccc(-c2nnn(-c3cccc(N)c3)n2)cc1. The number of nitrogens with two attached hydrogens (primary N) is 1. The van der Waals surface area contributed by atoms with E-state index in [4.69, 9.17) is 5.73 Å². The Morgan fingerprint density at radius 2 is 1.95 bits per heavy atom. The molecule has 0 amide bonds. The van der Waals surface area contributed by atoms with E-state index in [1.54, 1.807) is 36.4 Å². The second kappa shape index (κ2) is 5.65. The summed E-state index contributed by atoms with van der Waals surface area (Å²) in [5.41, 5.74) is 8.31. The van der Waals surface area contributed by atoms with Crippen LogP contribution < -0.4 is 5.73 Å². The maximum Gasteiger partial charge on any atom is 0.337 e. The zero-order valence-electron chi connectivity index (χ0n) is 11.8. The number of esters is 1. The smallest absolute Gasteiger partial charge is 0.337 e. The van der Waals surface area contributed by atoms with Crippen LogP contribution in [-0.4, -0.2) is 33.3 Å². The number of ether oxygens (including phenoxy) is 1. The van der Waals surface area contributed by atoms with Crippen molar-refractivity contribution in [2.75, 3.05) is 12.8 Å². The Kier molecular flexibility index (Phi) is 3.53. The van der Waals surface area contributed by atoms with Crippen molar-refractivity contribution in [1.29, 1.82) is 0 Å². The average Bonchev–Trinajstić information content (AvgIpc) is 3.04. The molecule has 0 atom stereocenters. The molecule has 0 aliphatic rings. The van der Waals surface area contributed by atoms with Crippen molar-refractivity contribution >= 4 is 11.7 Å². The first kappa shape index (κ1) is 13.7. The highest BCUT2D eigenvalue weighted by molar-refractivity contribution is 5.89. The Morgan fingerprint density at radius 1 is 1.18 bits per heavy atom. The van der Waals surface area contributed by atoms with Crippen molar-refractivity contribution in [3.63, 3.8) is 0 Å². The fourth-order valence-electron chi connectivity index (χ4n) is 1.96. The van der Waals surface area contributed by atoms with Gasteiger partial charge in [0.2, 0.25) is 5.82 Å². The summed E-state index contributed by atoms with van der Waals surface area (Å²) in [6, 6.07) is 14.0. The molecule has 1 heterocycles. The van der Waals surface area contributed by atoms with Gasteiger partial charge in [0.1, 0.15) is 0 Å². The van der Waals surface area contributed by atoms with E-state index in [-0.39, 0.29) is 5.97 Å². The van der Waals surface area contributed by atoms with E-state index >= 15 is 0 Å². The number of nitrogens with zero attached hydrogens (tertiary/aromatic N) is 4. The van der Waals surface area contributed by atoms with Crippen molar-refractivity contribution in [3.05, 3.63) is 54.1 Å². The molecule has 2 N–H and O–H groups in total. The Balaban J connectivity index is 1.89. The lowest BCUT2D eigenvalue weighted by Crippen LogP contribution is -2.00. The molecule has 1 aromatic heterocycles. The van der Waals surface area contributed by atoms with Gasteiger partial charge in [-0.2, -0.15) is 0 Å². The van der Waals surface area contributed by atoms with Gasteiger partial charge in [0.05, 0.1) is 18.4 Å². The highest BCUT2D eigenvalue weighted by Crippen LogP contribution is 2.16. The quantitative estimate of drug-likeness (QED) is 0.583. The van der Waals surface area contributed by atoms with Gasteiger partial charge in [-0.3, -0.25) is 0 Å². The summed E-state index contributed by atoms with van der Waals surface area (Å²) in [7, 11) is 1.34. The molecular formula is C15H13N5O2. The Bertz CT molecular complexity index is 811. The van der Waals surface area contributed by atoms with Crippen LogP contribution in [0.2, 0.25) is 0 Å². The minimum Gasteiger partial charge on any atom is -0.465 e. The lowest BCUT2D eigenvalue weighted by atomic mass is 10.1. The number of carbonyl (C=O) groups is 1. The molecule has 0 aliphatic carbocycles. The molecule has 0 saturated heterocycles. The van der Waals surface area contributed by atoms with Crippen LogP contribution in [-0.2, 0) is 4.74 Å². The van der Waals surface area contributed by atoms with E-state index in [2.05, 4.69) is 20.1 Å². The predicted molar refractivity (Wildman–Crippen MR) is 80.3 cm³/mol. The van der Waals surface area contributed by atoms with Gasteiger partial charge in [0.15, 0.2) is 0 Å². The number of rotatable bonds is 3. The summed E-state index contributed by atoms with van der Waals surface area (Å²) < 4.78 is 4.66. The first-order valence-corrected chi connectivity index (χ1v) is 6.52. The first-order valence-electron chi connectivity index (χ1n) is 6.52. The number of carbonyl (C=O) groups excluding carboxylic acids is 1. The van der Waals surface area contributed by atoms with E-state index in [1.165, 1.54) is 11.9 Å². The predicted octanol–water partition coefficient (Wildman–Crippen LogP) is 1.70. The molecule has 2 aromatic carbocycles. The zero-order valence-corrected chi connectivity index (χ0v) is 11.8. The Labute approximate surface area is 126 Å². The summed E-state index contributed by atoms with van der Waals surface area (Å²) in [5, 5.41) is 12.3. The number of aromatic nitrogens is 4. The van der Waals surface area contributed by atoms with E-state index < -0.39 is 0 Å². The minimum absolute atomic E-state index is 0.386. The second-order valence-corrected chi connectivity index (χ2v) is 4.57. The molecule has 0 saturated carbocycles. The number of nitrogen functional groups attached to an aromatic ring is 1. The number of anilines is 1. The third-order valence-corrected chi connectivity index (χ3v) is 3.08. The summed E-state index contributed by atoms with van der Waals surface area (Å²) in [6.45, 7) is 0. The lowest BCUT2D eigenvalue weighted by molar-refractivity contribution is 0.0601. The van der Waals surface area contributed by atoms with Gasteiger partial charge in [-0.15, -0.1) is 15.0 Å². The molecule has 22 heavy (non-hydrogen) atoms. The molecule has 7 nitrogen and oxygen atoms in total. The maximum atomic E-state index is 11.4. The molecule has 0 unspecified atom stereocenters. The largest absolute Gasteiger partial charge is 0.465 e. The van der Waals surface area contributed by atoms with Crippen LogP contribution in [0.3, 0.4) is 0 Å². The highest BCUT2D eigenvalue weighted by atomic mass is 16.5. The molecule has 3 rings (SSSR count). The van der Waals surface area contributed by atoms with Gasteiger partial charge in [0.25, 0.3) is 0 Å². The van der Waals surface area contributed by atoms with E-state index in [1.807, 2.05) is 12.1 Å². The van der Waals surface area contributed by atoms with Gasteiger partial charge in [-0.05, 0) is 35.5 Å². The summed E-state index contributed by atoms with van der Waals surface area (Å²) in [5.74, 6) is 0.0711. The van der Waals surface area contributed by atoms with Gasteiger partial charge in [-0.25, -0.2) is 4.79 Å². The molecule has 3 aromatic rings. The highest BCUT2D eigenvalue weighted by Gasteiger charge is 2.09. The number of benzene rings is 2. The van der Waals surface area contributed by atoms with Crippen molar-refractivity contribution in [2.45, 2.75) is 0 Å². The van der Waals surface area contributed by atoms with Crippen LogP contribution in [0.25, 0.3) is 17.1 Å². The minimum atomic E-state index is -0.386. The Hall–Kier alpha value is -3.22. The van der Waals surface area contributed by atoms with Crippen LogP contribution in [0.1, 0.15) is 10.4 Å². The molecule has 7 heteroatoms. The normalized spacial score (nSPS) is 10.4. The summed E-state index contributed by atoms with van der Waals surface area (Å²) >= 11 is 0. The van der Waals surface area contributed by atoms with Gasteiger partial charge >= 0.3 is 5.97 Å². The average molecular weight is 295 g/mol. The molecule has 0 aliphatic heterocycles. The number of methoxy groups -OCH3 is 1. The van der Waals surface area contributed by atoms with Crippen molar-refractivity contribution < 1.29 is 9.53 Å². The first-order chi connectivity index (χ1) is 10.7. The second-order valence-electron chi connectivity index (χ2n) is 4.57. The fraction of sp³-hybridized carbons (Fsp3) is 0.0667. The van der Waals surface area contributed by atoms with Crippen LogP contribution in [0.4, 0.5) is 5.69 Å². The topological polar surface area (TPSA) is 95.9 Å². The molecule has 0 fully saturated rings. The van der Waals surface area contributed by atoms with Crippen LogP contribution in [0, 0.1) is 0 Å². The van der Waals surface area contributed by atoms with E-state index in [0.717, 1.165) is 11.3 Å². The summed E-state index contributed by atoms with van der Waals surface area (Å²) in [4.78, 5) is 12.8. The van der Waals surface area contributed by atoms with Gasteiger partial charge in [0, 0.05) is 11.3 Å². The number of tetrazole rings is 1. The monoisotopic (exact) mass is 295 g/mol. The van der Waals surface area contributed by atoms with Gasteiger partial charge in [-0.1, -0.05) is 18.2 Å². The fourth-order valence-corrected chi connectivity index (χ4v) is 1.96. The molecule has 0 radical (unpaired) electrons. The van der Waals surface area contributed by atoms with Crippen LogP contribution in [0.15, 0.2) is 48.5 Å². The third kappa shape index (κ3) is 2.64. The van der Waals surface area contributed by atoms with Gasteiger partial charge < -0.3 is 10.5 Å². The molecule has 110 valence electrons. The Morgan fingerprint density at radius 3 is 2.64 bits per heavy atom. The zero-order chi connectivity index (χ0) is 15.5.